The van der Waals surface area contributed by atoms with Gasteiger partial charge in [-0.1, -0.05) is 26.0 Å². The van der Waals surface area contributed by atoms with Gasteiger partial charge in [0.2, 0.25) is 0 Å². The van der Waals surface area contributed by atoms with Crippen LogP contribution in [0.25, 0.3) is 11.1 Å². The van der Waals surface area contributed by atoms with Gasteiger partial charge in [-0.2, -0.15) is 4.98 Å². The second-order valence-electron chi connectivity index (χ2n) is 9.52. The number of aliphatic hydroxyl groups excluding tert-OH is 1. The van der Waals surface area contributed by atoms with Crippen LogP contribution >= 0.6 is 11.3 Å². The number of nitrogens with zero attached hydrogens (tertiary/aromatic N) is 3. The smallest absolute Gasteiger partial charge is 0.407 e. The lowest BCUT2D eigenvalue weighted by atomic mass is 10.0. The highest BCUT2D eigenvalue weighted by Gasteiger charge is 2.27. The zero-order chi connectivity index (χ0) is 28.2. The first-order chi connectivity index (χ1) is 18.5. The van der Waals surface area contributed by atoms with Crippen molar-refractivity contribution in [3.8, 4) is 0 Å². The maximum absolute atomic E-state index is 13.8. The third-order valence-electron chi connectivity index (χ3n) is 5.86. The molecule has 0 radical (unpaired) electrons. The molecule has 0 fully saturated rings. The molecule has 0 saturated heterocycles. The SMILES string of the molecule is CC(C)CN(c1cccc(CC(NC(=O)OCc2cncs2)C(C)O)c1)S(=O)(=O)c1ccc2nc(N)oc2c1. The maximum atomic E-state index is 13.8. The Bertz CT molecular complexity index is 1520. The molecular weight excluding hydrogens is 542 g/mol. The van der Waals surface area contributed by atoms with Crippen molar-refractivity contribution < 1.29 is 27.5 Å². The van der Waals surface area contributed by atoms with E-state index < -0.39 is 28.3 Å². The van der Waals surface area contributed by atoms with Crippen molar-refractivity contribution in [3.05, 3.63) is 64.6 Å². The van der Waals surface area contributed by atoms with Crippen LogP contribution in [0.1, 0.15) is 31.2 Å². The van der Waals surface area contributed by atoms with Gasteiger partial charge >= 0.3 is 6.09 Å². The van der Waals surface area contributed by atoms with E-state index in [9.17, 15) is 18.3 Å². The first kappa shape index (κ1) is 28.3. The molecule has 0 spiro atoms. The molecule has 0 aliphatic rings. The molecule has 1 amide bonds. The molecule has 0 aliphatic carbocycles. The van der Waals surface area contributed by atoms with E-state index in [0.717, 1.165) is 10.4 Å². The fourth-order valence-electron chi connectivity index (χ4n) is 3.96. The minimum absolute atomic E-state index is 0.0216. The number of rotatable bonds is 11. The number of fused-ring (bicyclic) bond motifs is 1. The first-order valence-corrected chi connectivity index (χ1v) is 14.6. The Morgan fingerprint density at radius 2 is 2.03 bits per heavy atom. The summed E-state index contributed by atoms with van der Waals surface area (Å²) in [5, 5.41) is 13.0. The van der Waals surface area contributed by atoms with Crippen LogP contribution in [0.4, 0.5) is 16.5 Å². The largest absolute Gasteiger partial charge is 0.444 e. The van der Waals surface area contributed by atoms with Crippen LogP contribution in [0.15, 0.2) is 63.5 Å². The van der Waals surface area contributed by atoms with Crippen molar-refractivity contribution in [2.45, 2.75) is 50.8 Å². The van der Waals surface area contributed by atoms with Gasteiger partial charge in [-0.15, -0.1) is 11.3 Å². The summed E-state index contributed by atoms with van der Waals surface area (Å²) < 4.78 is 39.5. The van der Waals surface area contributed by atoms with Crippen molar-refractivity contribution in [1.82, 2.24) is 15.3 Å². The molecule has 4 rings (SSSR count). The molecule has 208 valence electrons. The molecule has 2 aromatic carbocycles. The lowest BCUT2D eigenvalue weighted by Crippen LogP contribution is -2.43. The van der Waals surface area contributed by atoms with Gasteiger partial charge < -0.3 is 25.3 Å². The minimum atomic E-state index is -3.98. The lowest BCUT2D eigenvalue weighted by Gasteiger charge is -2.27. The van der Waals surface area contributed by atoms with E-state index >= 15 is 0 Å². The molecule has 0 saturated carbocycles. The Kier molecular flexibility index (Phi) is 8.73. The van der Waals surface area contributed by atoms with Crippen molar-refractivity contribution in [1.29, 1.82) is 0 Å². The Hall–Kier alpha value is -3.68. The third kappa shape index (κ3) is 7.05. The molecule has 2 heterocycles. The zero-order valence-electron chi connectivity index (χ0n) is 21.8. The van der Waals surface area contributed by atoms with Crippen LogP contribution in [0.5, 0.6) is 0 Å². The highest BCUT2D eigenvalue weighted by atomic mass is 32.2. The minimum Gasteiger partial charge on any atom is -0.444 e. The number of benzene rings is 2. The summed E-state index contributed by atoms with van der Waals surface area (Å²) >= 11 is 1.37. The van der Waals surface area contributed by atoms with Gasteiger partial charge in [0.25, 0.3) is 16.0 Å². The summed E-state index contributed by atoms with van der Waals surface area (Å²) in [6.07, 6.45) is 0.310. The summed E-state index contributed by atoms with van der Waals surface area (Å²) in [5.74, 6) is 0.0216. The fourth-order valence-corrected chi connectivity index (χ4v) is 6.10. The topological polar surface area (TPSA) is 161 Å². The molecule has 11 nitrogen and oxygen atoms in total. The van der Waals surface area contributed by atoms with Gasteiger partial charge in [-0.25, -0.2) is 13.2 Å². The number of nitrogens with two attached hydrogens (primary N) is 1. The van der Waals surface area contributed by atoms with E-state index in [1.54, 1.807) is 42.9 Å². The van der Waals surface area contributed by atoms with Crippen LogP contribution in [0.3, 0.4) is 0 Å². The molecular formula is C26H31N5O6S2. The number of aromatic nitrogens is 2. The number of oxazole rings is 1. The summed E-state index contributed by atoms with van der Waals surface area (Å²) in [6.45, 7) is 5.73. The average Bonchev–Trinajstić information content (AvgIpc) is 3.53. The van der Waals surface area contributed by atoms with Crippen molar-refractivity contribution in [2.24, 2.45) is 5.92 Å². The number of hydrogen-bond donors (Lipinski definition) is 3. The number of alkyl carbamates (subject to hydrolysis) is 1. The zero-order valence-corrected chi connectivity index (χ0v) is 23.4. The van der Waals surface area contributed by atoms with E-state index in [2.05, 4.69) is 15.3 Å². The molecule has 0 aliphatic heterocycles. The Morgan fingerprint density at radius 1 is 1.23 bits per heavy atom. The number of ether oxygens (including phenoxy) is 1. The molecule has 0 bridgehead atoms. The van der Waals surface area contributed by atoms with Crippen LogP contribution < -0.4 is 15.4 Å². The lowest BCUT2D eigenvalue weighted by molar-refractivity contribution is 0.110. The number of carbonyl (C=O) groups excluding carboxylic acids is 1. The Balaban J connectivity index is 1.56. The summed E-state index contributed by atoms with van der Waals surface area (Å²) in [7, 11) is -3.98. The summed E-state index contributed by atoms with van der Waals surface area (Å²) in [6, 6.07) is 10.7. The highest BCUT2D eigenvalue weighted by molar-refractivity contribution is 7.92. The number of thiazole rings is 1. The second kappa shape index (κ2) is 12.0. The Labute approximate surface area is 230 Å². The molecule has 2 aromatic heterocycles. The van der Waals surface area contributed by atoms with E-state index in [1.165, 1.54) is 27.8 Å². The van der Waals surface area contributed by atoms with Crippen molar-refractivity contribution in [2.75, 3.05) is 16.6 Å². The first-order valence-electron chi connectivity index (χ1n) is 12.3. The van der Waals surface area contributed by atoms with Gasteiger partial charge in [-0.05, 0) is 49.1 Å². The Morgan fingerprint density at radius 3 is 2.72 bits per heavy atom. The number of amides is 1. The van der Waals surface area contributed by atoms with Crippen LogP contribution in [-0.4, -0.2) is 48.3 Å². The molecule has 4 N–H and O–H groups in total. The predicted molar refractivity (Wildman–Crippen MR) is 149 cm³/mol. The predicted octanol–water partition coefficient (Wildman–Crippen LogP) is 3.94. The fraction of sp³-hybridized carbons (Fsp3) is 0.346. The van der Waals surface area contributed by atoms with Crippen LogP contribution in [0, 0.1) is 5.92 Å². The van der Waals surface area contributed by atoms with Gasteiger partial charge in [0.05, 0.1) is 33.1 Å². The molecule has 39 heavy (non-hydrogen) atoms. The number of sulfonamides is 1. The van der Waals surface area contributed by atoms with Crippen LogP contribution in [-0.2, 0) is 27.8 Å². The normalized spacial score (nSPS) is 13.4. The van der Waals surface area contributed by atoms with Gasteiger partial charge in [0.15, 0.2) is 5.58 Å². The van der Waals surface area contributed by atoms with Crippen molar-refractivity contribution >= 4 is 50.3 Å². The van der Waals surface area contributed by atoms with Crippen LogP contribution in [0.2, 0.25) is 0 Å². The number of carbonyl (C=O) groups is 1. The monoisotopic (exact) mass is 573 g/mol. The molecule has 2 unspecified atom stereocenters. The third-order valence-corrected chi connectivity index (χ3v) is 8.41. The summed E-state index contributed by atoms with van der Waals surface area (Å²) in [5.41, 5.74) is 9.19. The second-order valence-corrected chi connectivity index (χ2v) is 12.4. The number of anilines is 2. The molecule has 2 atom stereocenters. The maximum Gasteiger partial charge on any atom is 0.407 e. The average molecular weight is 574 g/mol. The van der Waals surface area contributed by atoms with Crippen molar-refractivity contribution in [3.63, 3.8) is 0 Å². The van der Waals surface area contributed by atoms with Gasteiger partial charge in [0.1, 0.15) is 12.1 Å². The van der Waals surface area contributed by atoms with Gasteiger partial charge in [-0.3, -0.25) is 9.29 Å². The molecule has 13 heteroatoms. The highest BCUT2D eigenvalue weighted by Crippen LogP contribution is 2.29. The standard InChI is InChI=1S/C26H31N5O6S2/c1-16(2)13-31(39(34,35)21-7-8-22-24(11-21)37-25(27)29-22)19-6-4-5-18(9-19)10-23(17(3)32)30-26(33)36-14-20-12-28-15-38-20/h4-9,11-12,15-17,23,32H,10,13-14H2,1-3H3,(H2,27,29)(H,30,33). The van der Waals surface area contributed by atoms with E-state index in [-0.39, 0.29) is 42.0 Å². The van der Waals surface area contributed by atoms with E-state index in [0.29, 0.717) is 11.2 Å². The van der Waals surface area contributed by atoms with E-state index in [1.807, 2.05) is 19.9 Å². The number of aliphatic hydroxyl groups is 1. The number of hydrogen-bond acceptors (Lipinski definition) is 10. The van der Waals surface area contributed by atoms with E-state index in [4.69, 9.17) is 14.9 Å². The van der Waals surface area contributed by atoms with Gasteiger partial charge in [0, 0.05) is 18.8 Å². The quantitative estimate of drug-likeness (QED) is 0.241. The number of nitrogen functional groups attached to an aromatic ring is 1. The summed E-state index contributed by atoms with van der Waals surface area (Å²) in [4.78, 5) is 21.2. The number of nitrogens with one attached hydrogen (secondary N) is 1. The molecule has 4 aromatic rings.